The first-order chi connectivity index (χ1) is 7.16. The fourth-order valence-corrected chi connectivity index (χ4v) is 2.07. The van der Waals surface area contributed by atoms with Crippen LogP contribution in [0.1, 0.15) is 6.92 Å². The summed E-state index contributed by atoms with van der Waals surface area (Å²) in [7, 11) is 0. The van der Waals surface area contributed by atoms with Gasteiger partial charge in [-0.2, -0.15) is 0 Å². The zero-order valence-corrected chi connectivity index (χ0v) is 10.1. The first-order valence-corrected chi connectivity index (χ1v) is 5.75. The normalized spacial score (nSPS) is 21.8. The zero-order chi connectivity index (χ0) is 10.8. The molecule has 1 fully saturated rings. The van der Waals surface area contributed by atoms with Crippen molar-refractivity contribution in [3.05, 3.63) is 22.6 Å². The Hall–Kier alpha value is -0.680. The first kappa shape index (κ1) is 10.8. The van der Waals surface area contributed by atoms with Gasteiger partial charge in [0.15, 0.2) is 11.6 Å². The summed E-state index contributed by atoms with van der Waals surface area (Å²) in [6, 6.07) is 1.83. The monoisotopic (exact) mass is 273 g/mol. The van der Waals surface area contributed by atoms with Crippen LogP contribution in [0.25, 0.3) is 0 Å². The molecule has 0 saturated carbocycles. The Kier molecular flexibility index (Phi) is 3.21. The standard InChI is InChI=1S/C10H13BrFN3/c1-7-6-15(3-2-13-7)10-9(12)4-8(11)5-14-10/h4-5,7,13H,2-3,6H2,1H3/t7-/m0/s1. The minimum atomic E-state index is -0.265. The first-order valence-electron chi connectivity index (χ1n) is 4.96. The summed E-state index contributed by atoms with van der Waals surface area (Å²) in [6.07, 6.45) is 1.63. The number of hydrogen-bond donors (Lipinski definition) is 1. The zero-order valence-electron chi connectivity index (χ0n) is 8.50. The summed E-state index contributed by atoms with van der Waals surface area (Å²) in [6.45, 7) is 4.56. The lowest BCUT2D eigenvalue weighted by atomic mass is 10.2. The van der Waals surface area contributed by atoms with Crippen LogP contribution in [0.5, 0.6) is 0 Å². The van der Waals surface area contributed by atoms with E-state index in [0.717, 1.165) is 19.6 Å². The molecule has 1 atom stereocenters. The van der Waals surface area contributed by atoms with E-state index in [2.05, 4.69) is 33.2 Å². The van der Waals surface area contributed by atoms with Crippen molar-refractivity contribution in [2.75, 3.05) is 24.5 Å². The van der Waals surface area contributed by atoms with Crippen LogP contribution < -0.4 is 10.2 Å². The van der Waals surface area contributed by atoms with Gasteiger partial charge in [0.25, 0.3) is 0 Å². The molecule has 5 heteroatoms. The van der Waals surface area contributed by atoms with E-state index in [-0.39, 0.29) is 5.82 Å². The second kappa shape index (κ2) is 4.45. The Balaban J connectivity index is 2.21. The van der Waals surface area contributed by atoms with E-state index in [1.807, 2.05) is 4.90 Å². The maximum atomic E-state index is 13.6. The van der Waals surface area contributed by atoms with Crippen LogP contribution in [0.4, 0.5) is 10.2 Å². The lowest BCUT2D eigenvalue weighted by Gasteiger charge is -2.32. The van der Waals surface area contributed by atoms with Crippen molar-refractivity contribution in [1.29, 1.82) is 0 Å². The summed E-state index contributed by atoms with van der Waals surface area (Å²) in [5.74, 6) is 0.185. The van der Waals surface area contributed by atoms with E-state index in [9.17, 15) is 4.39 Å². The van der Waals surface area contributed by atoms with Gasteiger partial charge in [0, 0.05) is 36.3 Å². The number of hydrogen-bond acceptors (Lipinski definition) is 3. The summed E-state index contributed by atoms with van der Waals surface area (Å²) in [5, 5.41) is 3.31. The number of pyridine rings is 1. The van der Waals surface area contributed by atoms with Gasteiger partial charge in [0.1, 0.15) is 0 Å². The second-order valence-electron chi connectivity index (χ2n) is 3.76. The van der Waals surface area contributed by atoms with Gasteiger partial charge < -0.3 is 10.2 Å². The predicted octanol–water partition coefficient (Wildman–Crippen LogP) is 1.78. The van der Waals surface area contributed by atoms with E-state index in [4.69, 9.17) is 0 Å². The van der Waals surface area contributed by atoms with Gasteiger partial charge in [0.2, 0.25) is 0 Å². The second-order valence-corrected chi connectivity index (χ2v) is 4.68. The van der Waals surface area contributed by atoms with Crippen molar-refractivity contribution in [3.8, 4) is 0 Å². The van der Waals surface area contributed by atoms with E-state index in [0.29, 0.717) is 16.3 Å². The summed E-state index contributed by atoms with van der Waals surface area (Å²) < 4.78 is 14.3. The fourth-order valence-electron chi connectivity index (χ4n) is 1.76. The van der Waals surface area contributed by atoms with Gasteiger partial charge in [-0.1, -0.05) is 0 Å². The van der Waals surface area contributed by atoms with Crippen LogP contribution in [-0.4, -0.2) is 30.7 Å². The van der Waals surface area contributed by atoms with Crippen LogP contribution in [-0.2, 0) is 0 Å². The maximum absolute atomic E-state index is 13.6. The molecule has 1 N–H and O–H groups in total. The molecule has 0 unspecified atom stereocenters. The number of nitrogens with zero attached hydrogens (tertiary/aromatic N) is 2. The van der Waals surface area contributed by atoms with E-state index in [1.165, 1.54) is 6.07 Å². The van der Waals surface area contributed by atoms with Gasteiger partial charge >= 0.3 is 0 Å². The van der Waals surface area contributed by atoms with Gasteiger partial charge in [-0.3, -0.25) is 0 Å². The number of nitrogens with one attached hydrogen (secondary N) is 1. The minimum absolute atomic E-state index is 0.265. The summed E-state index contributed by atoms with van der Waals surface area (Å²) in [5.41, 5.74) is 0. The molecule has 82 valence electrons. The molecule has 0 bridgehead atoms. The van der Waals surface area contributed by atoms with Gasteiger partial charge in [-0.05, 0) is 28.9 Å². The average Bonchev–Trinajstić information content (AvgIpc) is 2.17. The lowest BCUT2D eigenvalue weighted by molar-refractivity contribution is 0.475. The molecule has 3 nitrogen and oxygen atoms in total. The molecule has 2 heterocycles. The third-order valence-electron chi connectivity index (χ3n) is 2.46. The van der Waals surface area contributed by atoms with Gasteiger partial charge in [-0.15, -0.1) is 0 Å². The molecule has 1 aliphatic rings. The molecule has 0 aliphatic carbocycles. The lowest BCUT2D eigenvalue weighted by Crippen LogP contribution is -2.49. The highest BCUT2D eigenvalue weighted by atomic mass is 79.9. The van der Waals surface area contributed by atoms with Crippen molar-refractivity contribution in [1.82, 2.24) is 10.3 Å². The van der Waals surface area contributed by atoms with Gasteiger partial charge in [-0.25, -0.2) is 9.37 Å². The highest BCUT2D eigenvalue weighted by Crippen LogP contribution is 2.20. The van der Waals surface area contributed by atoms with Crippen LogP contribution >= 0.6 is 15.9 Å². The van der Waals surface area contributed by atoms with Crippen molar-refractivity contribution in [2.24, 2.45) is 0 Å². The largest absolute Gasteiger partial charge is 0.351 e. The predicted molar refractivity (Wildman–Crippen MR) is 61.6 cm³/mol. The Bertz CT molecular complexity index is 359. The van der Waals surface area contributed by atoms with Crippen molar-refractivity contribution < 1.29 is 4.39 Å². The fraction of sp³-hybridized carbons (Fsp3) is 0.500. The topological polar surface area (TPSA) is 28.2 Å². The van der Waals surface area contributed by atoms with E-state index < -0.39 is 0 Å². The Labute approximate surface area is 96.8 Å². The molecule has 1 aromatic rings. The van der Waals surface area contributed by atoms with Crippen LogP contribution in [0.3, 0.4) is 0 Å². The molecule has 1 saturated heterocycles. The minimum Gasteiger partial charge on any atom is -0.351 e. The molecule has 1 aromatic heterocycles. The highest BCUT2D eigenvalue weighted by molar-refractivity contribution is 9.10. The van der Waals surface area contributed by atoms with Crippen LogP contribution in [0.2, 0.25) is 0 Å². The van der Waals surface area contributed by atoms with Crippen LogP contribution in [0, 0.1) is 5.82 Å². The number of anilines is 1. The smallest absolute Gasteiger partial charge is 0.166 e. The van der Waals surface area contributed by atoms with E-state index >= 15 is 0 Å². The number of halogens is 2. The maximum Gasteiger partial charge on any atom is 0.166 e. The molecule has 0 amide bonds. The SMILES string of the molecule is C[C@H]1CN(c2ncc(Br)cc2F)CCN1. The molecule has 0 radical (unpaired) electrons. The Morgan fingerprint density at radius 1 is 1.67 bits per heavy atom. The number of aromatic nitrogens is 1. The summed E-state index contributed by atoms with van der Waals surface area (Å²) in [4.78, 5) is 6.09. The van der Waals surface area contributed by atoms with Crippen molar-refractivity contribution in [2.45, 2.75) is 13.0 Å². The Morgan fingerprint density at radius 2 is 2.47 bits per heavy atom. The van der Waals surface area contributed by atoms with Crippen molar-refractivity contribution in [3.63, 3.8) is 0 Å². The third kappa shape index (κ3) is 2.46. The molecule has 2 rings (SSSR count). The molecular weight excluding hydrogens is 261 g/mol. The quantitative estimate of drug-likeness (QED) is 0.846. The van der Waals surface area contributed by atoms with Crippen molar-refractivity contribution >= 4 is 21.7 Å². The molecule has 0 spiro atoms. The van der Waals surface area contributed by atoms with E-state index in [1.54, 1.807) is 6.20 Å². The van der Waals surface area contributed by atoms with Crippen LogP contribution in [0.15, 0.2) is 16.7 Å². The molecular formula is C10H13BrFN3. The molecule has 15 heavy (non-hydrogen) atoms. The third-order valence-corrected chi connectivity index (χ3v) is 2.89. The van der Waals surface area contributed by atoms with Gasteiger partial charge in [0.05, 0.1) is 0 Å². The Morgan fingerprint density at radius 3 is 3.13 bits per heavy atom. The highest BCUT2D eigenvalue weighted by Gasteiger charge is 2.19. The number of piperazine rings is 1. The number of rotatable bonds is 1. The molecule has 0 aromatic carbocycles. The molecule has 1 aliphatic heterocycles. The summed E-state index contributed by atoms with van der Waals surface area (Å²) >= 11 is 3.20. The average molecular weight is 274 g/mol.